The maximum atomic E-state index is 14.7. The number of aromatic nitrogens is 1. The number of nitrogens with zero attached hydrogens (tertiary/aromatic N) is 2. The van der Waals surface area contributed by atoms with Gasteiger partial charge in [0.2, 0.25) is 5.88 Å². The van der Waals surface area contributed by atoms with Crippen LogP contribution in [0.15, 0.2) is 12.1 Å². The summed E-state index contributed by atoms with van der Waals surface area (Å²) in [6, 6.07) is 2.02. The minimum atomic E-state index is -1.70. The van der Waals surface area contributed by atoms with Gasteiger partial charge in [-0.25, -0.2) is 18.6 Å². The Morgan fingerprint density at radius 2 is 1.96 bits per heavy atom. The molecular weight excluding hydrogens is 367 g/mol. The van der Waals surface area contributed by atoms with Gasteiger partial charge in [-0.1, -0.05) is 23.2 Å². The molecule has 2 aromatic rings. The number of nitrogen functional groups attached to an aromatic ring is 1. The smallest absolute Gasteiger partial charge is 0.449 e. The summed E-state index contributed by atoms with van der Waals surface area (Å²) < 4.78 is 33.4. The molecule has 0 saturated heterocycles. The number of nitrogens with two attached hydrogens (primary N) is 1. The zero-order valence-corrected chi connectivity index (χ0v) is 13.9. The van der Waals surface area contributed by atoms with E-state index in [2.05, 4.69) is 9.72 Å². The first-order chi connectivity index (χ1) is 11.1. The maximum absolute atomic E-state index is 14.7. The highest BCUT2D eigenvalue weighted by Gasteiger charge is 2.24. The normalized spacial score (nSPS) is 10.6. The molecule has 0 aliphatic carbocycles. The van der Waals surface area contributed by atoms with Crippen LogP contribution >= 0.6 is 23.2 Å². The molecule has 0 bridgehead atoms. The third-order valence-corrected chi connectivity index (χ3v) is 3.66. The van der Waals surface area contributed by atoms with Crippen LogP contribution in [0.25, 0.3) is 11.3 Å². The summed E-state index contributed by atoms with van der Waals surface area (Å²) in [5, 5.41) is 8.25. The Bertz CT molecular complexity index is 832. The molecule has 0 unspecified atom stereocenters. The molecule has 1 heterocycles. The number of halogens is 4. The Morgan fingerprint density at radius 3 is 2.50 bits per heavy atom. The molecule has 10 heteroatoms. The maximum Gasteiger partial charge on any atom is 0.512 e. The summed E-state index contributed by atoms with van der Waals surface area (Å²) in [7, 11) is 3.04. The Labute approximate surface area is 145 Å². The van der Waals surface area contributed by atoms with Gasteiger partial charge in [-0.3, -0.25) is 0 Å². The highest BCUT2D eigenvalue weighted by atomic mass is 35.5. The topological polar surface area (TPSA) is 88.7 Å². The van der Waals surface area contributed by atoms with Crippen molar-refractivity contribution in [3.8, 4) is 17.1 Å². The third kappa shape index (κ3) is 3.29. The van der Waals surface area contributed by atoms with E-state index in [1.807, 2.05) is 0 Å². The van der Waals surface area contributed by atoms with E-state index in [9.17, 15) is 13.6 Å². The van der Waals surface area contributed by atoms with Gasteiger partial charge in [-0.15, -0.1) is 0 Å². The van der Waals surface area contributed by atoms with Gasteiger partial charge in [0.1, 0.15) is 10.8 Å². The predicted molar refractivity (Wildman–Crippen MR) is 87.0 cm³/mol. The van der Waals surface area contributed by atoms with Gasteiger partial charge in [0.05, 0.1) is 27.7 Å². The van der Waals surface area contributed by atoms with Crippen molar-refractivity contribution in [3.05, 3.63) is 33.8 Å². The summed E-state index contributed by atoms with van der Waals surface area (Å²) in [5.74, 6) is -2.57. The van der Waals surface area contributed by atoms with Gasteiger partial charge < -0.3 is 20.5 Å². The first-order valence-electron chi connectivity index (χ1n) is 6.35. The summed E-state index contributed by atoms with van der Waals surface area (Å²) in [6.45, 7) is 0. The van der Waals surface area contributed by atoms with Crippen molar-refractivity contribution in [2.75, 3.05) is 24.7 Å². The fraction of sp³-hybridized carbons (Fsp3) is 0.143. The molecule has 2 rings (SSSR count). The zero-order chi connectivity index (χ0) is 18.2. The van der Waals surface area contributed by atoms with Crippen LogP contribution in [-0.4, -0.2) is 30.3 Å². The number of carboxylic acid groups (broad SMARTS) is 1. The quantitative estimate of drug-likeness (QED) is 0.784. The molecule has 0 radical (unpaired) electrons. The van der Waals surface area contributed by atoms with Crippen LogP contribution in [0.2, 0.25) is 10.0 Å². The Kier molecular flexibility index (Phi) is 5.00. The minimum Gasteiger partial charge on any atom is -0.449 e. The highest BCUT2D eigenvalue weighted by Crippen LogP contribution is 2.39. The van der Waals surface area contributed by atoms with Crippen LogP contribution in [0.5, 0.6) is 5.88 Å². The number of pyridine rings is 1. The second-order valence-corrected chi connectivity index (χ2v) is 5.64. The number of ether oxygens (including phenoxy) is 1. The molecule has 24 heavy (non-hydrogen) atoms. The van der Waals surface area contributed by atoms with Crippen LogP contribution in [0.4, 0.5) is 25.0 Å². The van der Waals surface area contributed by atoms with Gasteiger partial charge in [0.15, 0.2) is 5.82 Å². The molecule has 0 aliphatic rings. The third-order valence-electron chi connectivity index (χ3n) is 2.99. The minimum absolute atomic E-state index is 0.0657. The molecular formula is C14H11Cl2F2N3O3. The average Bonchev–Trinajstić information content (AvgIpc) is 2.42. The van der Waals surface area contributed by atoms with Crippen LogP contribution in [0.3, 0.4) is 0 Å². The van der Waals surface area contributed by atoms with Crippen molar-refractivity contribution < 1.29 is 23.4 Å². The van der Waals surface area contributed by atoms with Crippen molar-refractivity contribution in [2.45, 2.75) is 0 Å². The first-order valence-corrected chi connectivity index (χ1v) is 7.11. The standard InChI is InChI=1S/C14H11Cl2F2N3O3/c1-21(2)12-5(15)3-6(17)9(11(12)18)8-4-7(19)10(16)13(20-8)24-14(22)23/h3-4H,1-2H3,(H2,19,20)(H,22,23). The molecule has 128 valence electrons. The van der Waals surface area contributed by atoms with Gasteiger partial charge in [-0.2, -0.15) is 0 Å². The van der Waals surface area contributed by atoms with Crippen molar-refractivity contribution in [1.82, 2.24) is 4.98 Å². The van der Waals surface area contributed by atoms with E-state index in [1.165, 1.54) is 19.0 Å². The van der Waals surface area contributed by atoms with Crippen molar-refractivity contribution >= 4 is 40.7 Å². The monoisotopic (exact) mass is 377 g/mol. The van der Waals surface area contributed by atoms with Crippen molar-refractivity contribution in [2.24, 2.45) is 0 Å². The van der Waals surface area contributed by atoms with Gasteiger partial charge >= 0.3 is 6.16 Å². The predicted octanol–water partition coefficient (Wildman–Crippen LogP) is 4.04. The first kappa shape index (κ1) is 18.0. The Hall–Kier alpha value is -2.32. The van der Waals surface area contributed by atoms with Crippen LogP contribution in [0, 0.1) is 11.6 Å². The number of benzene rings is 1. The molecule has 0 spiro atoms. The lowest BCUT2D eigenvalue weighted by Crippen LogP contribution is -2.13. The summed E-state index contributed by atoms with van der Waals surface area (Å²) in [5.41, 5.74) is 4.59. The lowest BCUT2D eigenvalue weighted by atomic mass is 10.1. The van der Waals surface area contributed by atoms with Gasteiger partial charge in [-0.05, 0) is 12.1 Å². The highest BCUT2D eigenvalue weighted by molar-refractivity contribution is 6.34. The molecule has 6 nitrogen and oxygen atoms in total. The molecule has 0 amide bonds. The van der Waals surface area contributed by atoms with E-state index in [0.29, 0.717) is 0 Å². The second kappa shape index (κ2) is 6.66. The number of anilines is 2. The number of rotatable bonds is 3. The molecule has 1 aromatic heterocycles. The molecule has 0 saturated carbocycles. The van der Waals surface area contributed by atoms with E-state index in [1.54, 1.807) is 0 Å². The SMILES string of the molecule is CN(C)c1c(Cl)cc(F)c(-c2cc(N)c(Cl)c(OC(=O)O)n2)c1F. The Morgan fingerprint density at radius 1 is 1.33 bits per heavy atom. The van der Waals surface area contributed by atoms with E-state index in [0.717, 1.165) is 12.1 Å². The molecule has 3 N–H and O–H groups in total. The number of hydrogen-bond donors (Lipinski definition) is 2. The van der Waals surface area contributed by atoms with Crippen LogP contribution in [0.1, 0.15) is 0 Å². The number of hydrogen-bond acceptors (Lipinski definition) is 5. The zero-order valence-electron chi connectivity index (χ0n) is 12.4. The fourth-order valence-corrected chi connectivity index (χ4v) is 2.51. The van der Waals surface area contributed by atoms with Crippen LogP contribution in [-0.2, 0) is 0 Å². The van der Waals surface area contributed by atoms with Crippen LogP contribution < -0.4 is 15.4 Å². The summed E-state index contributed by atoms with van der Waals surface area (Å²) in [6.07, 6.45) is -1.70. The largest absolute Gasteiger partial charge is 0.512 e. The van der Waals surface area contributed by atoms with Crippen molar-refractivity contribution in [1.29, 1.82) is 0 Å². The van der Waals surface area contributed by atoms with E-state index >= 15 is 0 Å². The molecule has 0 fully saturated rings. The van der Waals surface area contributed by atoms with E-state index < -0.39 is 29.2 Å². The lowest BCUT2D eigenvalue weighted by Gasteiger charge is -2.18. The van der Waals surface area contributed by atoms with E-state index in [4.69, 9.17) is 34.0 Å². The molecule has 0 aliphatic heterocycles. The van der Waals surface area contributed by atoms with Gasteiger partial charge in [0.25, 0.3) is 0 Å². The fourth-order valence-electron chi connectivity index (χ4n) is 2.03. The second-order valence-electron chi connectivity index (χ2n) is 4.86. The van der Waals surface area contributed by atoms with E-state index in [-0.39, 0.29) is 27.1 Å². The average molecular weight is 378 g/mol. The number of carbonyl (C=O) groups is 1. The van der Waals surface area contributed by atoms with Crippen molar-refractivity contribution in [3.63, 3.8) is 0 Å². The summed E-state index contributed by atoms with van der Waals surface area (Å²) >= 11 is 11.6. The van der Waals surface area contributed by atoms with Gasteiger partial charge in [0, 0.05) is 14.1 Å². The Balaban J connectivity index is 2.75. The molecule has 1 aromatic carbocycles. The molecule has 0 atom stereocenters. The summed E-state index contributed by atoms with van der Waals surface area (Å²) in [4.78, 5) is 15.8. The lowest BCUT2D eigenvalue weighted by molar-refractivity contribution is 0.142.